The molecule has 1 N–H and O–H groups in total. The van der Waals surface area contributed by atoms with Gasteiger partial charge in [-0.15, -0.1) is 6.58 Å². The maximum Gasteiger partial charge on any atom is 0.0132 e. The fourth-order valence-corrected chi connectivity index (χ4v) is 0.454. The van der Waals surface area contributed by atoms with Gasteiger partial charge in [0.05, 0.1) is 0 Å². The molecule has 0 atom stereocenters. The van der Waals surface area contributed by atoms with E-state index in [1.807, 2.05) is 6.08 Å². The lowest BCUT2D eigenvalue weighted by Crippen LogP contribution is -2.14. The Labute approximate surface area is 51.8 Å². The zero-order chi connectivity index (χ0) is 6.24. The number of nitrogens with one attached hydrogen (secondary N) is 1. The zero-order valence-electron chi connectivity index (χ0n) is 5.32. The first kappa shape index (κ1) is 7.70. The van der Waals surface area contributed by atoms with E-state index in [1.165, 1.54) is 0 Å². The molecule has 0 aromatic carbocycles. The predicted molar refractivity (Wildman–Crippen MR) is 37.7 cm³/mol. The highest BCUT2D eigenvalue weighted by Gasteiger charge is 1.78. The van der Waals surface area contributed by atoms with Gasteiger partial charge in [0, 0.05) is 6.54 Å². The molecule has 0 unspecified atom stereocenters. The SMILES string of the molecule is [CH2]CCCNCC=C. The van der Waals surface area contributed by atoms with Crippen LogP contribution in [0.25, 0.3) is 0 Å². The number of unbranched alkanes of at least 4 members (excludes halogenated alkanes) is 1. The summed E-state index contributed by atoms with van der Waals surface area (Å²) in [6.07, 6.45) is 4.04. The van der Waals surface area contributed by atoms with Gasteiger partial charge in [0.15, 0.2) is 0 Å². The van der Waals surface area contributed by atoms with Crippen LogP contribution in [0.4, 0.5) is 0 Å². The van der Waals surface area contributed by atoms with Crippen molar-refractivity contribution in [1.82, 2.24) is 5.32 Å². The van der Waals surface area contributed by atoms with E-state index in [2.05, 4.69) is 18.8 Å². The first-order valence-corrected chi connectivity index (χ1v) is 3.02. The van der Waals surface area contributed by atoms with Crippen LogP contribution in [-0.4, -0.2) is 13.1 Å². The van der Waals surface area contributed by atoms with Gasteiger partial charge in [-0.25, -0.2) is 0 Å². The Morgan fingerprint density at radius 2 is 2.25 bits per heavy atom. The quantitative estimate of drug-likeness (QED) is 0.418. The second-order valence-corrected chi connectivity index (χ2v) is 1.70. The minimum absolute atomic E-state index is 0.917. The standard InChI is InChI=1S/C7H14N/c1-3-5-7-8-6-4-2/h4,8H,1-3,5-7H2. The van der Waals surface area contributed by atoms with Crippen molar-refractivity contribution < 1.29 is 0 Å². The fourth-order valence-electron chi connectivity index (χ4n) is 0.454. The maximum atomic E-state index is 3.72. The molecule has 1 heteroatoms. The Kier molecular flexibility index (Phi) is 6.45. The van der Waals surface area contributed by atoms with Crippen LogP contribution in [0.3, 0.4) is 0 Å². The lowest BCUT2D eigenvalue weighted by Gasteiger charge is -1.96. The van der Waals surface area contributed by atoms with E-state index in [0.717, 1.165) is 25.9 Å². The van der Waals surface area contributed by atoms with Gasteiger partial charge in [-0.2, -0.15) is 0 Å². The minimum atomic E-state index is 0.917. The van der Waals surface area contributed by atoms with Crippen molar-refractivity contribution in [2.24, 2.45) is 0 Å². The largest absolute Gasteiger partial charge is 0.313 e. The van der Waals surface area contributed by atoms with Crippen LogP contribution in [0.5, 0.6) is 0 Å². The molecule has 0 spiro atoms. The highest BCUT2D eigenvalue weighted by Crippen LogP contribution is 1.80. The van der Waals surface area contributed by atoms with Gasteiger partial charge >= 0.3 is 0 Å². The summed E-state index contributed by atoms with van der Waals surface area (Å²) >= 11 is 0. The van der Waals surface area contributed by atoms with E-state index in [1.54, 1.807) is 0 Å². The van der Waals surface area contributed by atoms with E-state index in [4.69, 9.17) is 0 Å². The molecule has 0 saturated heterocycles. The smallest absolute Gasteiger partial charge is 0.0132 e. The molecule has 8 heavy (non-hydrogen) atoms. The molecule has 0 saturated carbocycles. The lowest BCUT2D eigenvalue weighted by atomic mass is 10.3. The summed E-state index contributed by atoms with van der Waals surface area (Å²) in [5.74, 6) is 0. The van der Waals surface area contributed by atoms with Gasteiger partial charge in [0.25, 0.3) is 0 Å². The van der Waals surface area contributed by atoms with Gasteiger partial charge in [-0.1, -0.05) is 19.4 Å². The molecule has 0 rings (SSSR count). The summed E-state index contributed by atoms with van der Waals surface area (Å²) in [6.45, 7) is 9.28. The second-order valence-electron chi connectivity index (χ2n) is 1.70. The Bertz CT molecular complexity index is 50.3. The molecule has 0 fully saturated rings. The molecule has 0 bridgehead atoms. The van der Waals surface area contributed by atoms with Crippen molar-refractivity contribution in [3.05, 3.63) is 19.6 Å². The monoisotopic (exact) mass is 112 g/mol. The normalized spacial score (nSPS) is 9.12. The third-order valence-electron chi connectivity index (χ3n) is 0.892. The highest BCUT2D eigenvalue weighted by atomic mass is 14.8. The maximum absolute atomic E-state index is 3.72. The molecule has 0 aliphatic rings. The Hall–Kier alpha value is -0.300. The Morgan fingerprint density at radius 3 is 2.75 bits per heavy atom. The molecule has 0 aromatic heterocycles. The zero-order valence-corrected chi connectivity index (χ0v) is 5.32. The average molecular weight is 112 g/mol. The van der Waals surface area contributed by atoms with Gasteiger partial charge < -0.3 is 5.32 Å². The highest BCUT2D eigenvalue weighted by molar-refractivity contribution is 4.69. The van der Waals surface area contributed by atoms with Gasteiger partial charge in [-0.3, -0.25) is 0 Å². The summed E-state index contributed by atoms with van der Waals surface area (Å²) in [5.41, 5.74) is 0. The lowest BCUT2D eigenvalue weighted by molar-refractivity contribution is 0.700. The summed E-state index contributed by atoms with van der Waals surface area (Å²) in [7, 11) is 0. The Balaban J connectivity index is 2.62. The van der Waals surface area contributed by atoms with Crippen molar-refractivity contribution >= 4 is 0 Å². The third-order valence-corrected chi connectivity index (χ3v) is 0.892. The molecule has 0 amide bonds. The summed E-state index contributed by atoms with van der Waals surface area (Å²) < 4.78 is 0. The van der Waals surface area contributed by atoms with Crippen LogP contribution in [0.15, 0.2) is 12.7 Å². The van der Waals surface area contributed by atoms with E-state index in [-0.39, 0.29) is 0 Å². The molecule has 47 valence electrons. The van der Waals surface area contributed by atoms with Gasteiger partial charge in [0.1, 0.15) is 0 Å². The van der Waals surface area contributed by atoms with Gasteiger partial charge in [-0.05, 0) is 13.0 Å². The van der Waals surface area contributed by atoms with E-state index in [0.29, 0.717) is 0 Å². The molecule has 0 aliphatic heterocycles. The Morgan fingerprint density at radius 1 is 1.50 bits per heavy atom. The van der Waals surface area contributed by atoms with Crippen LogP contribution in [-0.2, 0) is 0 Å². The minimum Gasteiger partial charge on any atom is -0.313 e. The third kappa shape index (κ3) is 5.70. The van der Waals surface area contributed by atoms with Crippen LogP contribution in [0.2, 0.25) is 0 Å². The van der Waals surface area contributed by atoms with Crippen LogP contribution in [0, 0.1) is 6.92 Å². The summed E-state index contributed by atoms with van der Waals surface area (Å²) in [4.78, 5) is 0. The van der Waals surface area contributed by atoms with Crippen molar-refractivity contribution in [1.29, 1.82) is 0 Å². The predicted octanol–water partition coefficient (Wildman–Crippen LogP) is 1.38. The van der Waals surface area contributed by atoms with Crippen LogP contribution < -0.4 is 5.32 Å². The first-order chi connectivity index (χ1) is 3.91. The molecule has 0 heterocycles. The topological polar surface area (TPSA) is 12.0 Å². The molecule has 1 radical (unpaired) electrons. The van der Waals surface area contributed by atoms with E-state index >= 15 is 0 Å². The van der Waals surface area contributed by atoms with Crippen molar-refractivity contribution in [3.63, 3.8) is 0 Å². The fraction of sp³-hybridized carbons (Fsp3) is 0.571. The molecule has 0 aliphatic carbocycles. The first-order valence-electron chi connectivity index (χ1n) is 3.02. The van der Waals surface area contributed by atoms with Crippen molar-refractivity contribution in [2.75, 3.05) is 13.1 Å². The molecular formula is C7H14N. The second kappa shape index (κ2) is 6.70. The molecule has 0 aromatic rings. The molecule has 1 nitrogen and oxygen atoms in total. The van der Waals surface area contributed by atoms with Crippen molar-refractivity contribution in [3.8, 4) is 0 Å². The summed E-state index contributed by atoms with van der Waals surface area (Å²) in [6, 6.07) is 0. The van der Waals surface area contributed by atoms with E-state index < -0.39 is 0 Å². The number of hydrogen-bond acceptors (Lipinski definition) is 1. The van der Waals surface area contributed by atoms with Gasteiger partial charge in [0.2, 0.25) is 0 Å². The number of rotatable bonds is 5. The van der Waals surface area contributed by atoms with Crippen molar-refractivity contribution in [2.45, 2.75) is 12.8 Å². The van der Waals surface area contributed by atoms with Crippen LogP contribution >= 0.6 is 0 Å². The number of hydrogen-bond donors (Lipinski definition) is 1. The summed E-state index contributed by atoms with van der Waals surface area (Å²) in [5, 5.41) is 3.18. The van der Waals surface area contributed by atoms with E-state index in [9.17, 15) is 0 Å². The molecular weight excluding hydrogens is 98.1 g/mol. The average Bonchev–Trinajstić information content (AvgIpc) is 1.81. The van der Waals surface area contributed by atoms with Crippen LogP contribution in [0.1, 0.15) is 12.8 Å².